The van der Waals surface area contributed by atoms with Crippen molar-refractivity contribution in [2.45, 2.75) is 79.5 Å². The molecule has 4 amide bonds. The zero-order valence-corrected chi connectivity index (χ0v) is 33.6. The van der Waals surface area contributed by atoms with Gasteiger partial charge in [0.1, 0.15) is 16.0 Å². The van der Waals surface area contributed by atoms with Gasteiger partial charge in [-0.25, -0.2) is 0 Å². The van der Waals surface area contributed by atoms with E-state index in [1.54, 1.807) is 4.90 Å². The number of carbonyl (C=O) groups excluding carboxylic acids is 4. The van der Waals surface area contributed by atoms with Crippen molar-refractivity contribution in [3.8, 4) is 11.3 Å². The van der Waals surface area contributed by atoms with Crippen LogP contribution in [0, 0.1) is 5.92 Å². The summed E-state index contributed by atoms with van der Waals surface area (Å²) in [6.07, 6.45) is 18.7. The first-order chi connectivity index (χ1) is 26.7. The minimum absolute atomic E-state index is 0.0249. The third-order valence-corrected chi connectivity index (χ3v) is 13.2. The molecule has 0 bridgehead atoms. The normalized spacial score (nSPS) is 23.6. The quantitative estimate of drug-likeness (QED) is 0.218. The van der Waals surface area contributed by atoms with Gasteiger partial charge in [0.2, 0.25) is 23.6 Å². The molecule has 11 heteroatoms. The number of halogens is 1. The molecule has 2 aliphatic heterocycles. The molecular formula is C44H49IN6O4. The van der Waals surface area contributed by atoms with Gasteiger partial charge in [-0.05, 0) is 94.3 Å². The first kappa shape index (κ1) is 37.4. The number of H-pyrrole nitrogens is 1. The molecule has 1 unspecified atom stereocenters. The number of allylic oxidation sites excluding steroid dienone is 3. The van der Waals surface area contributed by atoms with E-state index in [1.807, 2.05) is 72.4 Å². The number of benzene rings is 2. The summed E-state index contributed by atoms with van der Waals surface area (Å²) in [6, 6.07) is 14.4. The number of carbonyl (C=O) groups is 4. The van der Waals surface area contributed by atoms with Crippen LogP contribution in [0.3, 0.4) is 0 Å². The molecule has 2 saturated heterocycles. The Morgan fingerprint density at radius 2 is 1.64 bits per heavy atom. The highest BCUT2D eigenvalue weighted by atomic mass is 127. The maximum absolute atomic E-state index is 13.9. The number of aromatic amines is 1. The maximum Gasteiger partial charge on any atom is 0.247 e. The number of aryl methyl sites for hydroxylation is 1. The van der Waals surface area contributed by atoms with Crippen LogP contribution in [0.4, 0.5) is 5.69 Å². The van der Waals surface area contributed by atoms with E-state index in [-0.39, 0.29) is 45.6 Å². The number of rotatable bonds is 9. The summed E-state index contributed by atoms with van der Waals surface area (Å²) >= 11 is 2.18. The summed E-state index contributed by atoms with van der Waals surface area (Å²) in [6.45, 7) is 1.18. The van der Waals surface area contributed by atoms with E-state index < -0.39 is 12.1 Å². The molecule has 0 saturated carbocycles. The van der Waals surface area contributed by atoms with Gasteiger partial charge in [0.05, 0.1) is 12.1 Å². The Hall–Kier alpha value is -4.49. The molecule has 0 spiro atoms. The van der Waals surface area contributed by atoms with Crippen LogP contribution in [-0.4, -0.2) is 94.7 Å². The van der Waals surface area contributed by atoms with Gasteiger partial charge >= 0.3 is 0 Å². The van der Waals surface area contributed by atoms with Crippen LogP contribution in [0.25, 0.3) is 23.4 Å². The van der Waals surface area contributed by atoms with E-state index in [4.69, 9.17) is 0 Å². The molecule has 2 aromatic carbocycles. The SMILES string of the molecule is CN(C)[C@@H](C(=O)N1CCC[C@H]1C(=O)NC1C=c2c3c([nH]c2=CC1)-c1ccc(NC(=O)[C@@H]2CCCN2C(=O)[C@H](I)c2ccccc2)cc1CC3)[C@H]1C=CC=CC1. The van der Waals surface area contributed by atoms with Crippen molar-refractivity contribution in [2.24, 2.45) is 5.92 Å². The number of likely N-dealkylation sites (tertiary alicyclic amines) is 2. The van der Waals surface area contributed by atoms with Gasteiger partial charge in [0, 0.05) is 46.5 Å². The number of aromatic nitrogens is 1. The highest BCUT2D eigenvalue weighted by Crippen LogP contribution is 2.34. The second kappa shape index (κ2) is 15.9. The molecule has 2 fully saturated rings. The predicted octanol–water partition coefficient (Wildman–Crippen LogP) is 4.39. The Morgan fingerprint density at radius 3 is 2.36 bits per heavy atom. The van der Waals surface area contributed by atoms with Crippen LogP contribution >= 0.6 is 22.6 Å². The molecule has 8 rings (SSSR count). The van der Waals surface area contributed by atoms with Crippen LogP contribution in [-0.2, 0) is 32.0 Å². The van der Waals surface area contributed by atoms with Crippen molar-refractivity contribution in [1.29, 1.82) is 0 Å². The fourth-order valence-electron chi connectivity index (χ4n) is 9.22. The smallest absolute Gasteiger partial charge is 0.247 e. The van der Waals surface area contributed by atoms with Crippen molar-refractivity contribution in [3.63, 3.8) is 0 Å². The minimum Gasteiger partial charge on any atom is -0.355 e. The maximum atomic E-state index is 13.9. The summed E-state index contributed by atoms with van der Waals surface area (Å²) in [4.78, 5) is 63.9. The van der Waals surface area contributed by atoms with Gasteiger partial charge in [-0.1, -0.05) is 95.4 Å². The van der Waals surface area contributed by atoms with E-state index in [0.29, 0.717) is 32.4 Å². The highest BCUT2D eigenvalue weighted by Gasteiger charge is 2.41. The molecule has 3 N–H and O–H groups in total. The molecule has 6 atom stereocenters. The van der Waals surface area contributed by atoms with Crippen molar-refractivity contribution < 1.29 is 19.2 Å². The van der Waals surface area contributed by atoms with Crippen molar-refractivity contribution >= 4 is 64.1 Å². The standard InChI is InChI=1S/C44H49IN6O4/c1-49(2)40(28-13-7-4-8-14-28)44(55)51-24-10-16-37(51)42(53)47-31-19-22-35-34(26-31)33-20-17-29-25-30(18-21-32(29)39(33)48-35)46-41(52)36-15-9-23-50(36)43(54)38(45)27-11-5-3-6-12-27/h3-8,11-13,18,21-22,25-26,28,31,36-38,40,48H,9-10,14-17,19-20,23-24H2,1-2H3,(H,46,52)(H,47,53)/t28-,31?,36-,37-,38+,40+/m0/s1. The van der Waals surface area contributed by atoms with Crippen molar-refractivity contribution in [1.82, 2.24) is 25.0 Å². The molecule has 3 aromatic rings. The monoisotopic (exact) mass is 852 g/mol. The number of nitrogens with one attached hydrogen (secondary N) is 3. The number of amides is 4. The van der Waals surface area contributed by atoms with Crippen LogP contribution in [0.2, 0.25) is 0 Å². The lowest BCUT2D eigenvalue weighted by Gasteiger charge is -2.35. The molecule has 10 nitrogen and oxygen atoms in total. The number of anilines is 1. The fraction of sp³-hybridized carbons (Fsp3) is 0.409. The predicted molar refractivity (Wildman–Crippen MR) is 224 cm³/mol. The van der Waals surface area contributed by atoms with Gasteiger partial charge in [-0.2, -0.15) is 0 Å². The Labute approximate surface area is 335 Å². The topological polar surface area (TPSA) is 118 Å². The van der Waals surface area contributed by atoms with Crippen molar-refractivity contribution in [3.05, 3.63) is 100 Å². The molecule has 55 heavy (non-hydrogen) atoms. The van der Waals surface area contributed by atoms with E-state index in [9.17, 15) is 19.2 Å². The average Bonchev–Trinajstić information content (AvgIpc) is 3.97. The minimum atomic E-state index is -0.491. The first-order valence-electron chi connectivity index (χ1n) is 19.6. The van der Waals surface area contributed by atoms with Crippen LogP contribution < -0.4 is 21.2 Å². The van der Waals surface area contributed by atoms with Gasteiger partial charge < -0.3 is 25.4 Å². The van der Waals surface area contributed by atoms with E-state index in [0.717, 1.165) is 70.7 Å². The van der Waals surface area contributed by atoms with Gasteiger partial charge in [-0.15, -0.1) is 0 Å². The largest absolute Gasteiger partial charge is 0.355 e. The molecule has 3 aliphatic carbocycles. The second-order valence-corrected chi connectivity index (χ2v) is 16.9. The number of hydrogen-bond acceptors (Lipinski definition) is 5. The number of fused-ring (bicyclic) bond motifs is 5. The molecule has 1 aromatic heterocycles. The molecule has 3 heterocycles. The summed E-state index contributed by atoms with van der Waals surface area (Å²) in [5, 5.41) is 8.61. The lowest BCUT2D eigenvalue weighted by molar-refractivity contribution is -0.143. The Bertz CT molecular complexity index is 2180. The van der Waals surface area contributed by atoms with E-state index in [2.05, 4.69) is 74.6 Å². The summed E-state index contributed by atoms with van der Waals surface area (Å²) in [5.74, 6) is -0.143. The van der Waals surface area contributed by atoms with Gasteiger partial charge in [0.15, 0.2) is 0 Å². The zero-order chi connectivity index (χ0) is 38.2. The zero-order valence-electron chi connectivity index (χ0n) is 31.5. The fourth-order valence-corrected chi connectivity index (χ4v) is 10.00. The summed E-state index contributed by atoms with van der Waals surface area (Å²) < 4.78 is -0.339. The number of likely N-dealkylation sites (N-methyl/N-ethyl adjacent to an activating group) is 1. The number of nitrogens with zero attached hydrogens (tertiary/aromatic N) is 3. The van der Waals surface area contributed by atoms with Crippen LogP contribution in [0.1, 0.15) is 59.1 Å². The van der Waals surface area contributed by atoms with Gasteiger partial charge in [-0.3, -0.25) is 24.1 Å². The molecule has 0 radical (unpaired) electrons. The number of hydrogen-bond donors (Lipinski definition) is 3. The molecule has 286 valence electrons. The Morgan fingerprint density at radius 1 is 0.891 bits per heavy atom. The summed E-state index contributed by atoms with van der Waals surface area (Å²) in [5.41, 5.74) is 6.27. The second-order valence-electron chi connectivity index (χ2n) is 15.7. The van der Waals surface area contributed by atoms with Gasteiger partial charge in [0.25, 0.3) is 0 Å². The van der Waals surface area contributed by atoms with Crippen LogP contribution in [0.15, 0.2) is 72.8 Å². The first-order valence-corrected chi connectivity index (χ1v) is 20.9. The lowest BCUT2D eigenvalue weighted by Crippen LogP contribution is -2.55. The molecular weight excluding hydrogens is 803 g/mol. The van der Waals surface area contributed by atoms with Crippen LogP contribution in [0.5, 0.6) is 0 Å². The van der Waals surface area contributed by atoms with Crippen molar-refractivity contribution in [2.75, 3.05) is 32.5 Å². The van der Waals surface area contributed by atoms with E-state index >= 15 is 0 Å². The average molecular weight is 853 g/mol. The Balaban J connectivity index is 0.938. The number of alkyl halides is 1. The Kier molecular flexibility index (Phi) is 10.8. The highest BCUT2D eigenvalue weighted by molar-refractivity contribution is 14.1. The third kappa shape index (κ3) is 7.45. The van der Waals surface area contributed by atoms with E-state index in [1.165, 1.54) is 5.56 Å². The lowest BCUT2D eigenvalue weighted by atomic mass is 9.88. The summed E-state index contributed by atoms with van der Waals surface area (Å²) in [7, 11) is 3.89. The third-order valence-electron chi connectivity index (χ3n) is 11.9. The molecule has 5 aliphatic rings.